The largest absolute Gasteiger partial charge is 0.319 e. The zero-order valence-electron chi connectivity index (χ0n) is 15.2. The van der Waals surface area contributed by atoms with Gasteiger partial charge in [0.25, 0.3) is 0 Å². The third-order valence-corrected chi connectivity index (χ3v) is 4.51. The molecule has 1 amide bonds. The van der Waals surface area contributed by atoms with Gasteiger partial charge < -0.3 is 5.32 Å². The minimum Gasteiger partial charge on any atom is -0.319 e. The van der Waals surface area contributed by atoms with Gasteiger partial charge in [0.2, 0.25) is 5.91 Å². The molecule has 3 rings (SSSR count). The van der Waals surface area contributed by atoms with E-state index in [1.54, 1.807) is 53.9 Å². The molecule has 3 aromatic rings. The van der Waals surface area contributed by atoms with E-state index in [9.17, 15) is 9.18 Å². The van der Waals surface area contributed by atoms with Crippen molar-refractivity contribution < 1.29 is 9.18 Å². The molecule has 0 radical (unpaired) electrons. The number of anilines is 1. The molecule has 0 fully saturated rings. The van der Waals surface area contributed by atoms with Crippen LogP contribution < -0.4 is 5.32 Å². The number of benzene rings is 1. The number of carbonyl (C=O) groups is 1. The minimum absolute atomic E-state index is 0.180. The van der Waals surface area contributed by atoms with E-state index in [2.05, 4.69) is 15.5 Å². The first-order valence-corrected chi connectivity index (χ1v) is 8.67. The lowest BCUT2D eigenvalue weighted by atomic mass is 10.2. The number of halogens is 2. The van der Waals surface area contributed by atoms with E-state index < -0.39 is 0 Å². The van der Waals surface area contributed by atoms with Gasteiger partial charge in [-0.2, -0.15) is 10.2 Å². The first-order valence-electron chi connectivity index (χ1n) is 8.29. The predicted molar refractivity (Wildman–Crippen MR) is 103 cm³/mol. The van der Waals surface area contributed by atoms with Gasteiger partial charge in [0.1, 0.15) is 5.82 Å². The molecule has 0 aliphatic carbocycles. The second-order valence-electron chi connectivity index (χ2n) is 6.17. The van der Waals surface area contributed by atoms with E-state index in [1.807, 2.05) is 6.92 Å². The second-order valence-corrected chi connectivity index (χ2v) is 6.58. The highest BCUT2D eigenvalue weighted by Crippen LogP contribution is 2.24. The average molecular weight is 388 g/mol. The van der Waals surface area contributed by atoms with Crippen molar-refractivity contribution in [1.29, 1.82) is 0 Å². The Morgan fingerprint density at radius 1 is 1.37 bits per heavy atom. The summed E-state index contributed by atoms with van der Waals surface area (Å²) in [7, 11) is 1.81. The lowest BCUT2D eigenvalue weighted by molar-refractivity contribution is -0.111. The van der Waals surface area contributed by atoms with E-state index in [1.165, 1.54) is 12.1 Å². The molecule has 0 aliphatic heterocycles. The van der Waals surface area contributed by atoms with Crippen molar-refractivity contribution >= 4 is 29.3 Å². The number of carbonyl (C=O) groups excluding carboxylic acids is 1. The van der Waals surface area contributed by atoms with Crippen LogP contribution in [0.4, 0.5) is 10.1 Å². The maximum atomic E-state index is 14.0. The minimum atomic E-state index is -0.389. The number of hydrogen-bond donors (Lipinski definition) is 1. The van der Waals surface area contributed by atoms with Crippen molar-refractivity contribution in [1.82, 2.24) is 19.6 Å². The van der Waals surface area contributed by atoms with Crippen LogP contribution in [0.5, 0.6) is 0 Å². The van der Waals surface area contributed by atoms with Gasteiger partial charge in [0, 0.05) is 35.5 Å². The smallest absolute Gasteiger partial charge is 0.248 e. The number of nitrogens with one attached hydrogen (secondary N) is 1. The highest BCUT2D eigenvalue weighted by molar-refractivity contribution is 6.31. The van der Waals surface area contributed by atoms with Gasteiger partial charge in [-0.25, -0.2) is 4.39 Å². The quantitative estimate of drug-likeness (QED) is 0.678. The zero-order valence-corrected chi connectivity index (χ0v) is 16.0. The van der Waals surface area contributed by atoms with Crippen LogP contribution in [0.2, 0.25) is 5.02 Å². The van der Waals surface area contributed by atoms with Crippen LogP contribution in [0.1, 0.15) is 22.5 Å². The first-order chi connectivity index (χ1) is 12.8. The molecule has 0 spiro atoms. The summed E-state index contributed by atoms with van der Waals surface area (Å²) in [6.07, 6.45) is 6.57. The van der Waals surface area contributed by atoms with Gasteiger partial charge in [-0.05, 0) is 32.1 Å². The number of hydrogen-bond acceptors (Lipinski definition) is 3. The molecule has 140 valence electrons. The van der Waals surface area contributed by atoms with Crippen LogP contribution in [0.3, 0.4) is 0 Å². The van der Waals surface area contributed by atoms with Crippen molar-refractivity contribution in [3.63, 3.8) is 0 Å². The van der Waals surface area contributed by atoms with Crippen LogP contribution in [-0.4, -0.2) is 25.5 Å². The molecule has 0 saturated heterocycles. The van der Waals surface area contributed by atoms with Crippen LogP contribution >= 0.6 is 11.6 Å². The lowest BCUT2D eigenvalue weighted by Gasteiger charge is -2.08. The predicted octanol–water partition coefficient (Wildman–Crippen LogP) is 3.73. The molecule has 27 heavy (non-hydrogen) atoms. The molecular weight excluding hydrogens is 369 g/mol. The number of rotatable bonds is 5. The van der Waals surface area contributed by atoms with E-state index in [0.29, 0.717) is 22.0 Å². The van der Waals surface area contributed by atoms with Gasteiger partial charge >= 0.3 is 0 Å². The molecule has 0 aliphatic rings. The van der Waals surface area contributed by atoms with Crippen molar-refractivity contribution in [3.8, 4) is 0 Å². The van der Waals surface area contributed by atoms with E-state index in [-0.39, 0.29) is 18.3 Å². The third-order valence-electron chi connectivity index (χ3n) is 4.15. The van der Waals surface area contributed by atoms with Crippen LogP contribution in [0.25, 0.3) is 6.08 Å². The third kappa shape index (κ3) is 4.25. The van der Waals surface area contributed by atoms with Gasteiger partial charge in [-0.1, -0.05) is 17.7 Å². The second kappa shape index (κ2) is 7.75. The molecule has 2 aromatic heterocycles. The van der Waals surface area contributed by atoms with Crippen LogP contribution in [0, 0.1) is 19.7 Å². The molecule has 0 unspecified atom stereocenters. The first kappa shape index (κ1) is 18.8. The highest BCUT2D eigenvalue weighted by Gasteiger charge is 2.16. The summed E-state index contributed by atoms with van der Waals surface area (Å²) in [6.45, 7) is 3.78. The molecule has 8 heteroatoms. The van der Waals surface area contributed by atoms with Gasteiger partial charge in [0.05, 0.1) is 29.8 Å². The topological polar surface area (TPSA) is 64.7 Å². The number of aromatic nitrogens is 4. The van der Waals surface area contributed by atoms with Gasteiger partial charge in [0.15, 0.2) is 0 Å². The summed E-state index contributed by atoms with van der Waals surface area (Å²) in [6, 6.07) is 4.55. The Balaban J connectivity index is 1.77. The maximum absolute atomic E-state index is 14.0. The zero-order chi connectivity index (χ0) is 19.6. The molecule has 1 N–H and O–H groups in total. The SMILES string of the molecule is Cc1nn(Cc2c(F)cccc2Cl)c(C)c1NC(=O)/C=C\c1cnn(C)c1. The lowest BCUT2D eigenvalue weighted by Crippen LogP contribution is -2.10. The maximum Gasteiger partial charge on any atom is 0.248 e. The Bertz CT molecular complexity index is 1000. The molecule has 0 atom stereocenters. The average Bonchev–Trinajstić information content (AvgIpc) is 3.14. The summed E-state index contributed by atoms with van der Waals surface area (Å²) in [4.78, 5) is 12.2. The number of amides is 1. The number of aryl methyl sites for hydroxylation is 2. The standard InChI is InChI=1S/C19H19ClFN5O/c1-12-19(23-18(27)8-7-14-9-22-25(3)10-14)13(2)26(24-12)11-15-16(20)5-4-6-17(15)21/h4-10H,11H2,1-3H3,(H,23,27)/b8-7-. The van der Waals surface area contributed by atoms with Crippen molar-refractivity contribution in [2.45, 2.75) is 20.4 Å². The Morgan fingerprint density at radius 3 is 2.81 bits per heavy atom. The normalized spacial score (nSPS) is 11.3. The van der Waals surface area contributed by atoms with E-state index >= 15 is 0 Å². The monoisotopic (exact) mass is 387 g/mol. The Morgan fingerprint density at radius 2 is 2.15 bits per heavy atom. The summed E-state index contributed by atoms with van der Waals surface area (Å²) in [5, 5.41) is 11.6. The summed E-state index contributed by atoms with van der Waals surface area (Å²) < 4.78 is 17.3. The molecule has 0 saturated carbocycles. The fraction of sp³-hybridized carbons (Fsp3) is 0.211. The van der Waals surface area contributed by atoms with Crippen LogP contribution in [0.15, 0.2) is 36.7 Å². The fourth-order valence-corrected chi connectivity index (χ4v) is 2.95. The molecule has 1 aromatic carbocycles. The highest BCUT2D eigenvalue weighted by atomic mass is 35.5. The van der Waals surface area contributed by atoms with E-state index in [4.69, 9.17) is 11.6 Å². The summed E-state index contributed by atoms with van der Waals surface area (Å²) in [5.74, 6) is -0.673. The Labute approximate surface area is 161 Å². The summed E-state index contributed by atoms with van der Waals surface area (Å²) in [5.41, 5.74) is 3.14. The van der Waals surface area contributed by atoms with Crippen molar-refractivity contribution in [2.24, 2.45) is 7.05 Å². The molecule has 6 nitrogen and oxygen atoms in total. The Kier molecular flexibility index (Phi) is 5.41. The van der Waals surface area contributed by atoms with Crippen LogP contribution in [-0.2, 0) is 18.4 Å². The van der Waals surface area contributed by atoms with Gasteiger partial charge in [-0.15, -0.1) is 0 Å². The molecular formula is C19H19ClFN5O. The molecule has 2 heterocycles. The fourth-order valence-electron chi connectivity index (χ4n) is 2.73. The van der Waals surface area contributed by atoms with Crippen molar-refractivity contribution in [2.75, 3.05) is 5.32 Å². The van der Waals surface area contributed by atoms with Gasteiger partial charge in [-0.3, -0.25) is 14.2 Å². The van der Waals surface area contributed by atoms with E-state index in [0.717, 1.165) is 11.3 Å². The van der Waals surface area contributed by atoms with Crippen molar-refractivity contribution in [3.05, 3.63) is 70.0 Å². The summed E-state index contributed by atoms with van der Waals surface area (Å²) >= 11 is 6.10. The Hall–Kier alpha value is -2.93. The number of nitrogens with zero attached hydrogens (tertiary/aromatic N) is 4. The molecule has 0 bridgehead atoms.